The molecule has 5 nitrogen and oxygen atoms in total. The Balaban J connectivity index is 1.45. The third-order valence-electron chi connectivity index (χ3n) is 6.38. The summed E-state index contributed by atoms with van der Waals surface area (Å²) in [5, 5.41) is 1.95. The highest BCUT2D eigenvalue weighted by Crippen LogP contribution is 2.41. The Labute approximate surface area is 187 Å². The molecule has 0 spiro atoms. The maximum absolute atomic E-state index is 11.7. The van der Waals surface area contributed by atoms with Crippen LogP contribution in [0.2, 0.25) is 0 Å². The van der Waals surface area contributed by atoms with Crippen LogP contribution in [0.15, 0.2) is 30.0 Å². The molecule has 2 heterocycles. The maximum Gasteiger partial charge on any atom is 0.291 e. The monoisotopic (exact) mass is 437 g/mol. The number of hydrogen-bond donors (Lipinski definition) is 1. The van der Waals surface area contributed by atoms with Crippen LogP contribution in [-0.4, -0.2) is 22.6 Å². The largest absolute Gasteiger partial charge is 0.489 e. The first-order chi connectivity index (χ1) is 14.7. The van der Waals surface area contributed by atoms with Gasteiger partial charge in [0.15, 0.2) is 0 Å². The SMILES string of the molecule is Cc1c(C)c(C)c2c(c1C)CCC(C)(COc1ccc(C=C3NC(=O)SC3=O)cc1)O2. The van der Waals surface area contributed by atoms with Crippen molar-refractivity contribution in [2.24, 2.45) is 0 Å². The van der Waals surface area contributed by atoms with Crippen LogP contribution < -0.4 is 14.8 Å². The second kappa shape index (κ2) is 8.08. The molecule has 0 saturated carbocycles. The zero-order valence-corrected chi connectivity index (χ0v) is 19.4. The topological polar surface area (TPSA) is 64.6 Å². The number of hydrogen-bond acceptors (Lipinski definition) is 5. The van der Waals surface area contributed by atoms with Crippen molar-refractivity contribution in [3.8, 4) is 11.5 Å². The number of carbonyl (C=O) groups is 2. The second-order valence-corrected chi connectivity index (χ2v) is 9.52. The minimum atomic E-state index is -0.398. The lowest BCUT2D eigenvalue weighted by Gasteiger charge is -2.38. The fourth-order valence-electron chi connectivity index (χ4n) is 4.07. The molecule has 1 atom stereocenters. The number of thioether (sulfide) groups is 1. The molecule has 31 heavy (non-hydrogen) atoms. The van der Waals surface area contributed by atoms with E-state index in [1.54, 1.807) is 6.08 Å². The third kappa shape index (κ3) is 4.22. The summed E-state index contributed by atoms with van der Waals surface area (Å²) in [7, 11) is 0. The molecule has 1 saturated heterocycles. The minimum absolute atomic E-state index is 0.260. The van der Waals surface area contributed by atoms with E-state index in [-0.39, 0.29) is 10.4 Å². The van der Waals surface area contributed by atoms with Crippen molar-refractivity contribution in [3.63, 3.8) is 0 Å². The minimum Gasteiger partial charge on any atom is -0.489 e. The molecule has 1 unspecified atom stereocenters. The highest BCUT2D eigenvalue weighted by atomic mass is 32.2. The van der Waals surface area contributed by atoms with Crippen LogP contribution in [-0.2, 0) is 11.2 Å². The van der Waals surface area contributed by atoms with Gasteiger partial charge in [-0.1, -0.05) is 12.1 Å². The molecular weight excluding hydrogens is 410 g/mol. The van der Waals surface area contributed by atoms with Crippen LogP contribution in [0.5, 0.6) is 11.5 Å². The normalized spacial score (nSPS) is 21.6. The van der Waals surface area contributed by atoms with Gasteiger partial charge in [0.25, 0.3) is 5.24 Å². The molecular formula is C25H27NO4S. The Bertz CT molecular complexity index is 1100. The first kappa shape index (κ1) is 21.5. The molecule has 0 aromatic heterocycles. The number of ether oxygens (including phenoxy) is 2. The van der Waals surface area contributed by atoms with Crippen molar-refractivity contribution in [1.29, 1.82) is 0 Å². The number of amides is 1. The summed E-state index contributed by atoms with van der Waals surface area (Å²) >= 11 is 0.677. The average Bonchev–Trinajstić information content (AvgIpc) is 3.06. The summed E-state index contributed by atoms with van der Waals surface area (Å²) in [4.78, 5) is 23.0. The van der Waals surface area contributed by atoms with Gasteiger partial charge in [-0.05, 0) is 99.0 Å². The van der Waals surface area contributed by atoms with Crippen LogP contribution in [0.3, 0.4) is 0 Å². The molecule has 4 rings (SSSR count). The molecule has 2 aromatic rings. The van der Waals surface area contributed by atoms with Crippen molar-refractivity contribution in [2.45, 2.75) is 53.1 Å². The number of rotatable bonds is 4. The summed E-state index contributed by atoms with van der Waals surface area (Å²) in [6.45, 7) is 11.2. The van der Waals surface area contributed by atoms with Gasteiger partial charge in [0, 0.05) is 11.8 Å². The van der Waals surface area contributed by atoms with Gasteiger partial charge in [-0.25, -0.2) is 0 Å². The van der Waals surface area contributed by atoms with Gasteiger partial charge in [-0.3, -0.25) is 9.59 Å². The third-order valence-corrected chi connectivity index (χ3v) is 7.08. The Hall–Kier alpha value is -2.73. The smallest absolute Gasteiger partial charge is 0.291 e. The van der Waals surface area contributed by atoms with Gasteiger partial charge in [-0.15, -0.1) is 0 Å². The predicted molar refractivity (Wildman–Crippen MR) is 124 cm³/mol. The Morgan fingerprint density at radius 3 is 2.39 bits per heavy atom. The summed E-state index contributed by atoms with van der Waals surface area (Å²) in [6, 6.07) is 7.46. The van der Waals surface area contributed by atoms with Crippen LogP contribution in [0, 0.1) is 27.7 Å². The standard InChI is InChI=1S/C25H27NO4S/c1-14-15(2)17(4)22-20(16(14)3)10-11-25(5,30-22)13-29-19-8-6-18(7-9-19)12-21-23(27)31-24(28)26-21/h6-9,12H,10-11,13H2,1-5H3,(H,26,28). The van der Waals surface area contributed by atoms with E-state index in [1.807, 2.05) is 24.3 Å². The van der Waals surface area contributed by atoms with Crippen LogP contribution in [0.1, 0.15) is 46.7 Å². The number of fused-ring (bicyclic) bond motifs is 1. The summed E-state index contributed by atoms with van der Waals surface area (Å²) in [6.07, 6.45) is 3.54. The molecule has 2 aliphatic heterocycles. The van der Waals surface area contributed by atoms with Crippen LogP contribution in [0.4, 0.5) is 4.79 Å². The fourth-order valence-corrected chi connectivity index (χ4v) is 4.62. The van der Waals surface area contributed by atoms with Gasteiger partial charge in [0.2, 0.25) is 5.12 Å². The Kier molecular flexibility index (Phi) is 5.60. The van der Waals surface area contributed by atoms with Gasteiger partial charge in [-0.2, -0.15) is 0 Å². The first-order valence-electron chi connectivity index (χ1n) is 10.4. The summed E-state index contributed by atoms with van der Waals surface area (Å²) in [5.74, 6) is 1.75. The lowest BCUT2D eigenvalue weighted by molar-refractivity contribution is -0.107. The molecule has 2 aromatic carbocycles. The van der Waals surface area contributed by atoms with E-state index in [0.29, 0.717) is 24.1 Å². The predicted octanol–water partition coefficient (Wildman–Crippen LogP) is 5.41. The number of nitrogens with one attached hydrogen (secondary N) is 1. The van der Waals surface area contributed by atoms with Gasteiger partial charge in [0.1, 0.15) is 23.7 Å². The van der Waals surface area contributed by atoms with E-state index in [4.69, 9.17) is 9.47 Å². The van der Waals surface area contributed by atoms with E-state index in [2.05, 4.69) is 39.9 Å². The first-order valence-corrected chi connectivity index (χ1v) is 11.2. The lowest BCUT2D eigenvalue weighted by Crippen LogP contribution is -2.42. The molecule has 1 fully saturated rings. The van der Waals surface area contributed by atoms with Crippen LogP contribution >= 0.6 is 11.8 Å². The quantitative estimate of drug-likeness (QED) is 0.648. The Morgan fingerprint density at radius 2 is 1.74 bits per heavy atom. The highest BCUT2D eigenvalue weighted by molar-refractivity contribution is 8.27. The fraction of sp³-hybridized carbons (Fsp3) is 0.360. The van der Waals surface area contributed by atoms with Gasteiger partial charge in [0.05, 0.1) is 5.70 Å². The highest BCUT2D eigenvalue weighted by Gasteiger charge is 2.35. The molecule has 0 bridgehead atoms. The molecule has 0 radical (unpaired) electrons. The molecule has 1 N–H and O–H groups in total. The maximum atomic E-state index is 11.7. The summed E-state index contributed by atoms with van der Waals surface area (Å²) in [5.41, 5.74) is 7.25. The van der Waals surface area contributed by atoms with Crippen molar-refractivity contribution in [2.75, 3.05) is 6.61 Å². The van der Waals surface area contributed by atoms with E-state index >= 15 is 0 Å². The molecule has 2 aliphatic rings. The summed E-state index contributed by atoms with van der Waals surface area (Å²) < 4.78 is 12.6. The average molecular weight is 438 g/mol. The van der Waals surface area contributed by atoms with Crippen LogP contribution in [0.25, 0.3) is 6.08 Å². The van der Waals surface area contributed by atoms with E-state index in [1.165, 1.54) is 27.8 Å². The van der Waals surface area contributed by atoms with E-state index < -0.39 is 5.60 Å². The lowest BCUT2D eigenvalue weighted by atomic mass is 9.85. The zero-order chi connectivity index (χ0) is 22.3. The molecule has 6 heteroatoms. The van der Waals surface area contributed by atoms with Crippen molar-refractivity contribution in [1.82, 2.24) is 5.32 Å². The number of benzene rings is 2. The molecule has 162 valence electrons. The van der Waals surface area contributed by atoms with Gasteiger partial charge >= 0.3 is 0 Å². The molecule has 1 amide bonds. The second-order valence-electron chi connectivity index (χ2n) is 8.58. The van der Waals surface area contributed by atoms with E-state index in [9.17, 15) is 9.59 Å². The van der Waals surface area contributed by atoms with E-state index in [0.717, 1.165) is 29.9 Å². The van der Waals surface area contributed by atoms with Crippen molar-refractivity contribution >= 4 is 28.2 Å². The zero-order valence-electron chi connectivity index (χ0n) is 18.5. The molecule has 0 aliphatic carbocycles. The Morgan fingerprint density at radius 1 is 1.06 bits per heavy atom. The van der Waals surface area contributed by atoms with Gasteiger partial charge < -0.3 is 14.8 Å². The number of carbonyl (C=O) groups excluding carboxylic acids is 2. The van der Waals surface area contributed by atoms with Crippen molar-refractivity contribution < 1.29 is 19.1 Å². The van der Waals surface area contributed by atoms with Crippen molar-refractivity contribution in [3.05, 3.63) is 63.3 Å².